The first-order valence-electron chi connectivity index (χ1n) is 11.8. The number of halogens is 1. The molecule has 3 aliphatic carbocycles. The highest BCUT2D eigenvalue weighted by atomic mass is 35.5. The van der Waals surface area contributed by atoms with Crippen LogP contribution in [0.1, 0.15) is 45.1 Å². The maximum Gasteiger partial charge on any atom is 0.233 e. The van der Waals surface area contributed by atoms with Gasteiger partial charge < -0.3 is 9.84 Å². The molecule has 0 unspecified atom stereocenters. The molecule has 7 nitrogen and oxygen atoms in total. The molecule has 1 heterocycles. The van der Waals surface area contributed by atoms with E-state index in [0.29, 0.717) is 29.6 Å². The molecular formula is C27H28ClNO6. The fourth-order valence-electron chi connectivity index (χ4n) is 7.03. The average molecular weight is 498 g/mol. The van der Waals surface area contributed by atoms with Crippen molar-refractivity contribution in [2.45, 2.75) is 39.5 Å². The zero-order chi connectivity index (χ0) is 25.6. The first-order valence-corrected chi connectivity index (χ1v) is 12.2. The van der Waals surface area contributed by atoms with Crippen LogP contribution in [0.15, 0.2) is 34.9 Å². The van der Waals surface area contributed by atoms with E-state index in [1.807, 2.05) is 13.0 Å². The second-order valence-electron chi connectivity index (χ2n) is 10.4. The topological polar surface area (TPSA) is 101 Å². The van der Waals surface area contributed by atoms with E-state index in [0.717, 1.165) is 5.57 Å². The van der Waals surface area contributed by atoms with E-state index in [4.69, 9.17) is 16.3 Å². The molecular weight excluding hydrogens is 470 g/mol. The maximum atomic E-state index is 13.9. The molecule has 6 atom stereocenters. The van der Waals surface area contributed by atoms with Crippen LogP contribution in [0.2, 0.25) is 5.02 Å². The highest BCUT2D eigenvalue weighted by Crippen LogP contribution is 2.63. The molecule has 1 aromatic carbocycles. The zero-order valence-corrected chi connectivity index (χ0v) is 21.1. The number of ketones is 2. The van der Waals surface area contributed by atoms with Gasteiger partial charge in [-0.05, 0) is 61.4 Å². The summed E-state index contributed by atoms with van der Waals surface area (Å²) >= 11 is 6.36. The van der Waals surface area contributed by atoms with Crippen LogP contribution in [-0.2, 0) is 19.2 Å². The van der Waals surface area contributed by atoms with Gasteiger partial charge in [0.15, 0.2) is 23.1 Å². The fraction of sp³-hybridized carbons (Fsp3) is 0.481. The lowest BCUT2D eigenvalue weighted by molar-refractivity contribution is -0.142. The van der Waals surface area contributed by atoms with Crippen molar-refractivity contribution >= 4 is 35.0 Å². The standard InChI is InChI=1S/C27H28ClNO6/c1-11-12(2)24(32)27(3)17(22(11)30)10-16-14(6-7-15-20(16)26(34)29(4)25(15)33)21(27)13-8-18(28)23(31)19(9-13)35-5/h6,8-9,15-17,20-21,31H,7,10H2,1-5H3/t15-,16+,17-,20-,21-,27+/m0/s1. The number of amides is 2. The third-order valence-corrected chi connectivity index (χ3v) is 9.28. The lowest BCUT2D eigenvalue weighted by atomic mass is 9.46. The summed E-state index contributed by atoms with van der Waals surface area (Å²) in [5.74, 6) is -3.32. The van der Waals surface area contributed by atoms with Crippen molar-refractivity contribution in [3.63, 3.8) is 0 Å². The number of fused-ring (bicyclic) bond motifs is 4. The van der Waals surface area contributed by atoms with Crippen molar-refractivity contribution in [2.75, 3.05) is 14.2 Å². The Labute approximate surface area is 208 Å². The molecule has 2 fully saturated rings. The Balaban J connectivity index is 1.77. The Morgan fingerprint density at radius 3 is 2.43 bits per heavy atom. The number of nitrogens with zero attached hydrogens (tertiary/aromatic N) is 1. The highest BCUT2D eigenvalue weighted by molar-refractivity contribution is 6.32. The van der Waals surface area contributed by atoms with Crippen LogP contribution in [0.25, 0.3) is 0 Å². The number of Topliss-reactive ketones (excluding diaryl/α,β-unsaturated/α-hetero) is 2. The third kappa shape index (κ3) is 2.97. The molecule has 1 aliphatic heterocycles. The normalized spacial score (nSPS) is 34.5. The number of imide groups is 1. The number of phenols is 1. The number of hydrogen-bond donors (Lipinski definition) is 1. The molecule has 1 N–H and O–H groups in total. The first kappa shape index (κ1) is 23.8. The largest absolute Gasteiger partial charge is 0.503 e. The molecule has 0 aromatic heterocycles. The molecule has 184 valence electrons. The molecule has 1 aromatic rings. The SMILES string of the molecule is COc1cc([C@H]2C3=CC[C@@H]4C(=O)N(C)C(=O)[C@@H]4[C@@H]3C[C@H]3C(=O)C(C)=C(C)C(=O)[C@@]23C)cc(Cl)c1O. The van der Waals surface area contributed by atoms with Gasteiger partial charge in [0.25, 0.3) is 0 Å². The van der Waals surface area contributed by atoms with Gasteiger partial charge in [-0.15, -0.1) is 0 Å². The molecule has 5 rings (SSSR count). The Morgan fingerprint density at radius 2 is 1.77 bits per heavy atom. The maximum absolute atomic E-state index is 13.9. The minimum absolute atomic E-state index is 0.0702. The average Bonchev–Trinajstić information content (AvgIpc) is 3.06. The van der Waals surface area contributed by atoms with Crippen molar-refractivity contribution in [1.82, 2.24) is 4.90 Å². The number of carbonyl (C=O) groups is 4. The molecule has 1 saturated carbocycles. The molecule has 1 saturated heterocycles. The number of allylic oxidation sites excluding steroid dienone is 4. The van der Waals surface area contributed by atoms with Crippen molar-refractivity contribution in [3.05, 3.63) is 45.5 Å². The van der Waals surface area contributed by atoms with Gasteiger partial charge in [0.2, 0.25) is 11.8 Å². The fourth-order valence-corrected chi connectivity index (χ4v) is 7.25. The van der Waals surface area contributed by atoms with Crippen molar-refractivity contribution in [1.29, 1.82) is 0 Å². The van der Waals surface area contributed by atoms with Crippen LogP contribution < -0.4 is 4.74 Å². The molecule has 0 spiro atoms. The molecule has 0 radical (unpaired) electrons. The van der Waals surface area contributed by atoms with Gasteiger partial charge in [-0.3, -0.25) is 24.1 Å². The quantitative estimate of drug-likeness (QED) is 0.492. The predicted octanol–water partition coefficient (Wildman–Crippen LogP) is 3.83. The van der Waals surface area contributed by atoms with Crippen molar-refractivity contribution in [3.8, 4) is 11.5 Å². The van der Waals surface area contributed by atoms with E-state index in [1.54, 1.807) is 26.0 Å². The summed E-state index contributed by atoms with van der Waals surface area (Å²) < 4.78 is 5.34. The summed E-state index contributed by atoms with van der Waals surface area (Å²) in [5.41, 5.74) is 1.28. The summed E-state index contributed by atoms with van der Waals surface area (Å²) in [5, 5.41) is 10.4. The van der Waals surface area contributed by atoms with Crippen LogP contribution in [0.3, 0.4) is 0 Å². The number of ether oxygens (including phenoxy) is 1. The number of aromatic hydroxyl groups is 1. The van der Waals surface area contributed by atoms with Gasteiger partial charge in [-0.1, -0.05) is 30.2 Å². The second-order valence-corrected chi connectivity index (χ2v) is 10.8. The van der Waals surface area contributed by atoms with E-state index in [2.05, 4.69) is 0 Å². The summed E-state index contributed by atoms with van der Waals surface area (Å²) in [6, 6.07) is 3.25. The lowest BCUT2D eigenvalue weighted by Gasteiger charge is -2.54. The number of benzene rings is 1. The number of hydrogen-bond acceptors (Lipinski definition) is 6. The third-order valence-electron chi connectivity index (χ3n) is 9.00. The predicted molar refractivity (Wildman–Crippen MR) is 128 cm³/mol. The number of carbonyl (C=O) groups excluding carboxylic acids is 4. The van der Waals surface area contributed by atoms with E-state index >= 15 is 0 Å². The number of rotatable bonds is 2. The van der Waals surface area contributed by atoms with Crippen LogP contribution in [0, 0.1) is 29.1 Å². The van der Waals surface area contributed by atoms with Gasteiger partial charge in [0, 0.05) is 18.9 Å². The van der Waals surface area contributed by atoms with Crippen molar-refractivity contribution in [2.24, 2.45) is 29.1 Å². The zero-order valence-electron chi connectivity index (χ0n) is 20.3. The summed E-state index contributed by atoms with van der Waals surface area (Å²) in [6.07, 6.45) is 2.69. The summed E-state index contributed by atoms with van der Waals surface area (Å²) in [7, 11) is 2.92. The number of phenolic OH excluding ortho intramolecular Hbond substituents is 1. The smallest absolute Gasteiger partial charge is 0.233 e. The summed E-state index contributed by atoms with van der Waals surface area (Å²) in [4.78, 5) is 54.7. The van der Waals surface area contributed by atoms with Gasteiger partial charge in [0.1, 0.15) is 0 Å². The van der Waals surface area contributed by atoms with Crippen molar-refractivity contribution < 1.29 is 29.0 Å². The Kier molecular flexibility index (Phi) is 5.29. The van der Waals surface area contributed by atoms with Crippen LogP contribution in [0.4, 0.5) is 0 Å². The Morgan fingerprint density at radius 1 is 1.09 bits per heavy atom. The first-order chi connectivity index (χ1) is 16.4. The van der Waals surface area contributed by atoms with Crippen LogP contribution >= 0.6 is 11.6 Å². The minimum atomic E-state index is -1.11. The lowest BCUT2D eigenvalue weighted by Crippen LogP contribution is -2.55. The van der Waals surface area contributed by atoms with Gasteiger partial charge in [-0.25, -0.2) is 0 Å². The Hall–Kier alpha value is -2.93. The van der Waals surface area contributed by atoms with Crippen LogP contribution in [0.5, 0.6) is 11.5 Å². The molecule has 35 heavy (non-hydrogen) atoms. The molecule has 8 heteroatoms. The number of methoxy groups -OCH3 is 1. The van der Waals surface area contributed by atoms with E-state index < -0.39 is 29.1 Å². The van der Waals surface area contributed by atoms with Gasteiger partial charge >= 0.3 is 0 Å². The molecule has 2 amide bonds. The number of likely N-dealkylation sites (tertiary alicyclic amines) is 1. The Bertz CT molecular complexity index is 1280. The summed E-state index contributed by atoms with van der Waals surface area (Å²) in [6.45, 7) is 5.18. The van der Waals surface area contributed by atoms with Crippen LogP contribution in [-0.4, -0.2) is 47.5 Å². The molecule has 4 aliphatic rings. The van der Waals surface area contributed by atoms with Gasteiger partial charge in [-0.2, -0.15) is 0 Å². The highest BCUT2D eigenvalue weighted by Gasteiger charge is 2.63. The minimum Gasteiger partial charge on any atom is -0.503 e. The monoisotopic (exact) mass is 497 g/mol. The second kappa shape index (κ2) is 7.79. The molecule has 0 bridgehead atoms. The van der Waals surface area contributed by atoms with E-state index in [1.165, 1.54) is 19.1 Å². The van der Waals surface area contributed by atoms with E-state index in [9.17, 15) is 24.3 Å². The van der Waals surface area contributed by atoms with E-state index in [-0.39, 0.29) is 45.8 Å². The van der Waals surface area contributed by atoms with Gasteiger partial charge in [0.05, 0.1) is 29.4 Å².